The minimum Gasteiger partial charge on any atom is -0.441 e. The Morgan fingerprint density at radius 1 is 1.15 bits per heavy atom. The molecular formula is C21H26Cl2N8O2. The standard InChI is InChI=1S/C21H24N8O2.2ClH/c30-20-29(18-3-1-10-25-27-18)14-21(31-20)7-4-16(5-8-21)13-24-19-23-11-6-17(26-19)28-12-2-9-22-15-28;;/h1-3,6,9-11,15-16H,4-5,7-8,12-14H2,(H,23,24,26);2*1H/t16-,21-;;. The van der Waals surface area contributed by atoms with Crippen LogP contribution in [0.25, 0.3) is 0 Å². The van der Waals surface area contributed by atoms with Gasteiger partial charge in [-0.05, 0) is 55.9 Å². The summed E-state index contributed by atoms with van der Waals surface area (Å²) in [7, 11) is 0. The quantitative estimate of drug-likeness (QED) is 0.675. The topological polar surface area (TPSA) is 109 Å². The summed E-state index contributed by atoms with van der Waals surface area (Å²) < 4.78 is 5.80. The average molecular weight is 493 g/mol. The van der Waals surface area contributed by atoms with Gasteiger partial charge in [-0.25, -0.2) is 14.8 Å². The number of carbonyl (C=O) groups is 1. The second-order valence-corrected chi connectivity index (χ2v) is 8.08. The molecule has 1 spiro atoms. The summed E-state index contributed by atoms with van der Waals surface area (Å²) in [5, 5.41) is 11.3. The zero-order valence-corrected chi connectivity index (χ0v) is 19.5. The highest BCUT2D eigenvalue weighted by atomic mass is 35.5. The van der Waals surface area contributed by atoms with Crippen molar-refractivity contribution in [3.05, 3.63) is 42.9 Å². The van der Waals surface area contributed by atoms with Gasteiger partial charge in [0.1, 0.15) is 11.4 Å². The van der Waals surface area contributed by atoms with Crippen LogP contribution >= 0.6 is 24.8 Å². The lowest BCUT2D eigenvalue weighted by atomic mass is 9.78. The highest BCUT2D eigenvalue weighted by Gasteiger charge is 2.48. The van der Waals surface area contributed by atoms with Gasteiger partial charge in [-0.2, -0.15) is 10.1 Å². The van der Waals surface area contributed by atoms with Crippen LogP contribution in [0.4, 0.5) is 22.4 Å². The molecule has 1 N–H and O–H groups in total. The SMILES string of the molecule is Cl.Cl.O=C1O[C@]2(CC[C@H](CNc3nccc(N4C=NC=CC4)n3)CC2)CN1c1cccnn1. The zero-order chi connectivity index (χ0) is 21.1. The molecule has 0 aromatic carbocycles. The monoisotopic (exact) mass is 492 g/mol. The normalized spacial score (nSPS) is 23.6. The maximum atomic E-state index is 12.4. The number of ether oxygens (including phenoxy) is 1. The van der Waals surface area contributed by atoms with Crippen LogP contribution in [0.1, 0.15) is 25.7 Å². The Labute approximate surface area is 204 Å². The van der Waals surface area contributed by atoms with Crippen molar-refractivity contribution in [2.75, 3.05) is 34.8 Å². The molecule has 2 aromatic rings. The van der Waals surface area contributed by atoms with Gasteiger partial charge in [0.05, 0.1) is 12.9 Å². The highest BCUT2D eigenvalue weighted by molar-refractivity contribution is 5.89. The van der Waals surface area contributed by atoms with Crippen LogP contribution in [0.5, 0.6) is 0 Å². The molecule has 1 amide bonds. The first-order valence-corrected chi connectivity index (χ1v) is 10.5. The molecule has 2 fully saturated rings. The Hall–Kier alpha value is -2.98. The number of hydrogen-bond acceptors (Lipinski definition) is 9. The van der Waals surface area contributed by atoms with Gasteiger partial charge >= 0.3 is 6.09 Å². The maximum Gasteiger partial charge on any atom is 0.416 e. The van der Waals surface area contributed by atoms with Gasteiger partial charge in [-0.3, -0.25) is 4.90 Å². The number of nitrogens with zero attached hydrogens (tertiary/aromatic N) is 7. The number of hydrogen-bond donors (Lipinski definition) is 1. The zero-order valence-electron chi connectivity index (χ0n) is 17.9. The molecule has 1 saturated carbocycles. The molecule has 0 unspecified atom stereocenters. The number of carbonyl (C=O) groups excluding carboxylic acids is 1. The second kappa shape index (κ2) is 10.8. The van der Waals surface area contributed by atoms with Crippen molar-refractivity contribution >= 4 is 54.8 Å². The largest absolute Gasteiger partial charge is 0.441 e. The van der Waals surface area contributed by atoms with E-state index >= 15 is 0 Å². The predicted molar refractivity (Wildman–Crippen MR) is 131 cm³/mol. The average Bonchev–Trinajstić information content (AvgIpc) is 3.16. The smallest absolute Gasteiger partial charge is 0.416 e. The summed E-state index contributed by atoms with van der Waals surface area (Å²) in [5.41, 5.74) is -0.428. The van der Waals surface area contributed by atoms with E-state index in [-0.39, 0.29) is 30.9 Å². The van der Waals surface area contributed by atoms with Gasteiger partial charge in [0, 0.05) is 31.7 Å². The molecule has 3 aliphatic rings. The maximum absolute atomic E-state index is 12.4. The van der Waals surface area contributed by atoms with E-state index < -0.39 is 5.60 Å². The Bertz CT molecular complexity index is 999. The number of halogens is 2. The van der Waals surface area contributed by atoms with Gasteiger partial charge in [-0.15, -0.1) is 29.9 Å². The molecule has 0 bridgehead atoms. The van der Waals surface area contributed by atoms with Crippen LogP contribution in [0.15, 0.2) is 47.9 Å². The second-order valence-electron chi connectivity index (χ2n) is 8.08. The lowest BCUT2D eigenvalue weighted by molar-refractivity contribution is 0.0148. The van der Waals surface area contributed by atoms with Crippen LogP contribution in [0.2, 0.25) is 0 Å². The van der Waals surface area contributed by atoms with Crippen molar-refractivity contribution < 1.29 is 9.53 Å². The Kier molecular flexibility index (Phi) is 8.04. The molecule has 2 aromatic heterocycles. The van der Waals surface area contributed by atoms with Crippen LogP contribution in [-0.2, 0) is 4.74 Å². The summed E-state index contributed by atoms with van der Waals surface area (Å²) in [6.07, 6.45) is 12.1. The lowest BCUT2D eigenvalue weighted by Crippen LogP contribution is -2.39. The summed E-state index contributed by atoms with van der Waals surface area (Å²) in [5.74, 6) is 2.44. The van der Waals surface area contributed by atoms with E-state index in [9.17, 15) is 4.79 Å². The fourth-order valence-electron chi connectivity index (χ4n) is 4.28. The van der Waals surface area contributed by atoms with Crippen molar-refractivity contribution in [2.45, 2.75) is 31.3 Å². The van der Waals surface area contributed by atoms with Gasteiger partial charge < -0.3 is 15.0 Å². The third-order valence-corrected chi connectivity index (χ3v) is 6.01. The van der Waals surface area contributed by atoms with Crippen LogP contribution < -0.4 is 15.1 Å². The van der Waals surface area contributed by atoms with Crippen LogP contribution in [0, 0.1) is 5.92 Å². The molecule has 1 saturated heterocycles. The summed E-state index contributed by atoms with van der Waals surface area (Å²) in [6, 6.07) is 5.43. The number of aromatic nitrogens is 4. The molecule has 0 atom stereocenters. The van der Waals surface area contributed by atoms with Crippen molar-refractivity contribution in [3.8, 4) is 0 Å². The number of rotatable bonds is 5. The van der Waals surface area contributed by atoms with Gasteiger partial charge in [-0.1, -0.05) is 0 Å². The molecule has 10 nitrogen and oxygen atoms in total. The van der Waals surface area contributed by atoms with E-state index in [0.29, 0.717) is 24.2 Å². The Morgan fingerprint density at radius 3 is 2.73 bits per heavy atom. The van der Waals surface area contributed by atoms with E-state index in [1.807, 2.05) is 17.0 Å². The third-order valence-electron chi connectivity index (χ3n) is 6.01. The summed E-state index contributed by atoms with van der Waals surface area (Å²) in [6.45, 7) is 2.06. The van der Waals surface area contributed by atoms with E-state index in [0.717, 1.165) is 44.6 Å². The summed E-state index contributed by atoms with van der Waals surface area (Å²) >= 11 is 0. The van der Waals surface area contributed by atoms with E-state index in [4.69, 9.17) is 4.74 Å². The van der Waals surface area contributed by atoms with Gasteiger partial charge in [0.15, 0.2) is 5.82 Å². The molecular weight excluding hydrogens is 467 g/mol. The molecule has 12 heteroatoms. The first-order chi connectivity index (χ1) is 15.2. The molecule has 0 radical (unpaired) electrons. The van der Waals surface area contributed by atoms with Crippen LogP contribution in [-0.4, -0.2) is 57.8 Å². The van der Waals surface area contributed by atoms with E-state index in [2.05, 4.69) is 30.5 Å². The molecule has 2 aliphatic heterocycles. The van der Waals surface area contributed by atoms with Crippen LogP contribution in [0.3, 0.4) is 0 Å². The molecule has 5 rings (SSSR count). The Morgan fingerprint density at radius 2 is 2.00 bits per heavy atom. The summed E-state index contributed by atoms with van der Waals surface area (Å²) in [4.78, 5) is 29.0. The first kappa shape index (κ1) is 24.7. The number of nitrogens with one attached hydrogen (secondary N) is 1. The minimum absolute atomic E-state index is 0. The number of aliphatic imine (C=N–C) groups is 1. The lowest BCUT2D eigenvalue weighted by Gasteiger charge is -2.35. The van der Waals surface area contributed by atoms with Crippen molar-refractivity contribution in [3.63, 3.8) is 0 Å². The number of amides is 1. The third kappa shape index (κ3) is 5.51. The van der Waals surface area contributed by atoms with E-state index in [1.165, 1.54) is 0 Å². The predicted octanol–water partition coefficient (Wildman–Crippen LogP) is 3.47. The minimum atomic E-state index is -0.428. The van der Waals surface area contributed by atoms with Crippen molar-refractivity contribution in [1.29, 1.82) is 0 Å². The molecule has 176 valence electrons. The van der Waals surface area contributed by atoms with Crippen molar-refractivity contribution in [1.82, 2.24) is 20.2 Å². The van der Waals surface area contributed by atoms with Gasteiger partial charge in [0.2, 0.25) is 5.95 Å². The van der Waals surface area contributed by atoms with Gasteiger partial charge in [0.25, 0.3) is 0 Å². The molecule has 33 heavy (non-hydrogen) atoms. The van der Waals surface area contributed by atoms with Crippen molar-refractivity contribution in [2.24, 2.45) is 10.9 Å². The molecule has 1 aliphatic carbocycles. The fourth-order valence-corrected chi connectivity index (χ4v) is 4.28. The number of anilines is 3. The highest BCUT2D eigenvalue weighted by Crippen LogP contribution is 2.40. The first-order valence-electron chi connectivity index (χ1n) is 10.5. The van der Waals surface area contributed by atoms with E-state index in [1.54, 1.807) is 42.0 Å². The molecule has 4 heterocycles. The Balaban J connectivity index is 0.00000153. The fraction of sp³-hybridized carbons (Fsp3) is 0.429.